The zero-order valence-corrected chi connectivity index (χ0v) is 13.6. The minimum atomic E-state index is -0.640. The Hall–Kier alpha value is -3.68. The number of benzene rings is 1. The van der Waals surface area contributed by atoms with Crippen LogP contribution in [0.1, 0.15) is 16.2 Å². The van der Waals surface area contributed by atoms with Crippen LogP contribution in [-0.4, -0.2) is 38.5 Å². The first-order valence-corrected chi connectivity index (χ1v) is 7.81. The average molecular weight is 352 g/mol. The van der Waals surface area contributed by atoms with Crippen LogP contribution < -0.4 is 10.6 Å². The number of carbonyl (C=O) groups is 2. The Bertz CT molecular complexity index is 960. The number of amides is 2. The zero-order valence-electron chi connectivity index (χ0n) is 13.6. The Morgan fingerprint density at radius 3 is 2.62 bits per heavy atom. The molecule has 0 spiro atoms. The van der Waals surface area contributed by atoms with Gasteiger partial charge in [0.1, 0.15) is 22.7 Å². The van der Waals surface area contributed by atoms with Crippen LogP contribution in [0.25, 0.3) is 10.9 Å². The maximum atomic E-state index is 12.2. The summed E-state index contributed by atoms with van der Waals surface area (Å²) in [6.07, 6.45) is 1.62. The van der Waals surface area contributed by atoms with Gasteiger partial charge in [0.2, 0.25) is 5.91 Å². The minimum Gasteiger partial charge on any atom is -0.507 e. The molecular weight excluding hydrogens is 336 g/mol. The van der Waals surface area contributed by atoms with Crippen molar-refractivity contribution in [1.29, 1.82) is 0 Å². The summed E-state index contributed by atoms with van der Waals surface area (Å²) in [5.41, 5.74) is 0.704. The maximum Gasteiger partial charge on any atom is 0.270 e. The van der Waals surface area contributed by atoms with E-state index >= 15 is 0 Å². The van der Waals surface area contributed by atoms with E-state index in [1.165, 1.54) is 12.1 Å². The molecule has 132 valence electrons. The van der Waals surface area contributed by atoms with E-state index in [-0.39, 0.29) is 35.8 Å². The van der Waals surface area contributed by atoms with E-state index in [0.717, 1.165) is 0 Å². The Kier molecular flexibility index (Phi) is 4.93. The molecule has 3 aromatic rings. The van der Waals surface area contributed by atoms with Gasteiger partial charge in [-0.15, -0.1) is 0 Å². The fourth-order valence-corrected chi connectivity index (χ4v) is 2.34. The van der Waals surface area contributed by atoms with E-state index < -0.39 is 11.8 Å². The second-order valence-electron chi connectivity index (χ2n) is 5.48. The first kappa shape index (κ1) is 17.2. The van der Waals surface area contributed by atoms with Crippen LogP contribution in [0.3, 0.4) is 0 Å². The number of nitrogens with zero attached hydrogens (tertiary/aromatic N) is 2. The average Bonchev–Trinajstić information content (AvgIpc) is 2.66. The van der Waals surface area contributed by atoms with Crippen LogP contribution >= 0.6 is 0 Å². The van der Waals surface area contributed by atoms with Gasteiger partial charge < -0.3 is 20.8 Å². The fraction of sp³-hybridized carbons (Fsp3) is 0.111. The topological polar surface area (TPSA) is 124 Å². The largest absolute Gasteiger partial charge is 0.507 e. The lowest BCUT2D eigenvalue weighted by Crippen LogP contribution is -2.37. The summed E-state index contributed by atoms with van der Waals surface area (Å²) >= 11 is 0. The van der Waals surface area contributed by atoms with Crippen molar-refractivity contribution in [2.75, 3.05) is 6.54 Å². The van der Waals surface area contributed by atoms with E-state index in [9.17, 15) is 19.8 Å². The molecule has 8 nitrogen and oxygen atoms in total. The molecule has 1 aromatic carbocycles. The summed E-state index contributed by atoms with van der Waals surface area (Å²) < 4.78 is 0. The highest BCUT2D eigenvalue weighted by atomic mass is 16.3. The van der Waals surface area contributed by atoms with Gasteiger partial charge in [-0.1, -0.05) is 12.1 Å². The summed E-state index contributed by atoms with van der Waals surface area (Å²) in [6.45, 7) is -0.00858. The predicted octanol–water partition coefficient (Wildman–Crippen LogP) is 1.09. The molecule has 8 heteroatoms. The first-order valence-electron chi connectivity index (χ1n) is 7.81. The molecule has 0 unspecified atom stereocenters. The summed E-state index contributed by atoms with van der Waals surface area (Å²) in [4.78, 5) is 32.1. The Morgan fingerprint density at radius 1 is 1.00 bits per heavy atom. The van der Waals surface area contributed by atoms with E-state index in [1.54, 1.807) is 30.5 Å². The monoisotopic (exact) mass is 352 g/mol. The lowest BCUT2D eigenvalue weighted by atomic mass is 10.1. The van der Waals surface area contributed by atoms with E-state index in [2.05, 4.69) is 20.6 Å². The number of carbonyl (C=O) groups excluding carboxylic acids is 2. The first-order chi connectivity index (χ1) is 12.5. The van der Waals surface area contributed by atoms with Crippen molar-refractivity contribution in [1.82, 2.24) is 20.6 Å². The molecule has 0 fully saturated rings. The Labute approximate surface area is 148 Å². The molecule has 0 aliphatic rings. The standard InChI is InChI=1S/C18H16N4O4/c23-14-6-3-5-12-15(24)8-13(22-17(12)14)18(26)21-10-16(25)20-9-11-4-1-2-7-19-11/h1-8,23H,9-10H2,(H,20,25)(H,21,26)(H,22,24). The molecule has 0 radical (unpaired) electrons. The van der Waals surface area contributed by atoms with Gasteiger partial charge in [0.25, 0.3) is 5.91 Å². The van der Waals surface area contributed by atoms with Crippen molar-refractivity contribution in [2.45, 2.75) is 6.54 Å². The van der Waals surface area contributed by atoms with Gasteiger partial charge in [-0.3, -0.25) is 14.6 Å². The summed E-state index contributed by atoms with van der Waals surface area (Å²) in [5.74, 6) is -1.37. The molecule has 2 amide bonds. The van der Waals surface area contributed by atoms with Gasteiger partial charge >= 0.3 is 0 Å². The van der Waals surface area contributed by atoms with Gasteiger partial charge in [0.15, 0.2) is 0 Å². The molecule has 3 rings (SSSR count). The summed E-state index contributed by atoms with van der Waals surface area (Å²) in [7, 11) is 0. The van der Waals surface area contributed by atoms with E-state index in [0.29, 0.717) is 11.1 Å². The number of aromatic hydroxyl groups is 2. The number of hydrogen-bond donors (Lipinski definition) is 4. The third-order valence-electron chi connectivity index (χ3n) is 3.63. The van der Waals surface area contributed by atoms with Gasteiger partial charge in [0, 0.05) is 17.6 Å². The molecular formula is C18H16N4O4. The zero-order chi connectivity index (χ0) is 18.5. The molecule has 0 saturated heterocycles. The maximum absolute atomic E-state index is 12.2. The number of phenols is 1. The van der Waals surface area contributed by atoms with Crippen molar-refractivity contribution in [2.24, 2.45) is 0 Å². The Morgan fingerprint density at radius 2 is 1.85 bits per heavy atom. The highest BCUT2D eigenvalue weighted by Gasteiger charge is 2.14. The van der Waals surface area contributed by atoms with Crippen molar-refractivity contribution in [3.63, 3.8) is 0 Å². The van der Waals surface area contributed by atoms with Gasteiger partial charge in [-0.25, -0.2) is 4.98 Å². The number of rotatable bonds is 5. The summed E-state index contributed by atoms with van der Waals surface area (Å²) in [5, 5.41) is 25.2. The molecule has 0 aliphatic heterocycles. The van der Waals surface area contributed by atoms with E-state index in [1.807, 2.05) is 6.07 Å². The number of aromatic nitrogens is 2. The number of pyridine rings is 2. The smallest absolute Gasteiger partial charge is 0.270 e. The van der Waals surface area contributed by atoms with Gasteiger partial charge in [-0.05, 0) is 24.3 Å². The lowest BCUT2D eigenvalue weighted by Gasteiger charge is -2.08. The van der Waals surface area contributed by atoms with Crippen LogP contribution in [0.4, 0.5) is 0 Å². The molecule has 26 heavy (non-hydrogen) atoms. The molecule has 2 aromatic heterocycles. The number of para-hydroxylation sites is 1. The molecule has 0 aliphatic carbocycles. The van der Waals surface area contributed by atoms with E-state index in [4.69, 9.17) is 0 Å². The third kappa shape index (κ3) is 3.86. The fourth-order valence-electron chi connectivity index (χ4n) is 2.34. The van der Waals surface area contributed by atoms with Crippen molar-refractivity contribution < 1.29 is 19.8 Å². The van der Waals surface area contributed by atoms with Crippen molar-refractivity contribution in [3.05, 3.63) is 60.0 Å². The number of fused-ring (bicyclic) bond motifs is 1. The van der Waals surface area contributed by atoms with Crippen LogP contribution in [0, 0.1) is 0 Å². The van der Waals surface area contributed by atoms with Crippen LogP contribution in [0.5, 0.6) is 11.5 Å². The lowest BCUT2D eigenvalue weighted by molar-refractivity contribution is -0.120. The highest BCUT2D eigenvalue weighted by molar-refractivity contribution is 5.99. The van der Waals surface area contributed by atoms with Gasteiger partial charge in [-0.2, -0.15) is 0 Å². The number of phenolic OH excluding ortho intramolecular Hbond substituents is 1. The SMILES string of the molecule is O=C(CNC(=O)c1cc(O)c2cccc(O)c2n1)NCc1ccccn1. The molecule has 0 saturated carbocycles. The third-order valence-corrected chi connectivity index (χ3v) is 3.63. The summed E-state index contributed by atoms with van der Waals surface area (Å²) in [6, 6.07) is 11.1. The van der Waals surface area contributed by atoms with Crippen molar-refractivity contribution >= 4 is 22.7 Å². The predicted molar refractivity (Wildman–Crippen MR) is 93.5 cm³/mol. The van der Waals surface area contributed by atoms with Gasteiger partial charge in [0.05, 0.1) is 18.8 Å². The van der Waals surface area contributed by atoms with Crippen molar-refractivity contribution in [3.8, 4) is 11.5 Å². The van der Waals surface area contributed by atoms with Crippen LogP contribution in [0.2, 0.25) is 0 Å². The molecule has 0 atom stereocenters. The van der Waals surface area contributed by atoms with Crippen LogP contribution in [-0.2, 0) is 11.3 Å². The Balaban J connectivity index is 1.62. The number of hydrogen-bond acceptors (Lipinski definition) is 6. The number of nitrogens with one attached hydrogen (secondary N) is 2. The molecule has 2 heterocycles. The molecule has 4 N–H and O–H groups in total. The van der Waals surface area contributed by atoms with Crippen LogP contribution in [0.15, 0.2) is 48.7 Å². The minimum absolute atomic E-state index is 0.103. The second kappa shape index (κ2) is 7.47. The highest BCUT2D eigenvalue weighted by Crippen LogP contribution is 2.29. The normalized spacial score (nSPS) is 10.5. The molecule has 0 bridgehead atoms. The second-order valence-corrected chi connectivity index (χ2v) is 5.48. The quantitative estimate of drug-likeness (QED) is 0.545.